The summed E-state index contributed by atoms with van der Waals surface area (Å²) >= 11 is 0. The molecule has 2 amide bonds. The number of piperidine rings is 1. The highest BCUT2D eigenvalue weighted by Gasteiger charge is 2.42. The van der Waals surface area contributed by atoms with Gasteiger partial charge in [-0.3, -0.25) is 9.69 Å². The molecule has 0 radical (unpaired) electrons. The molecule has 0 saturated carbocycles. The van der Waals surface area contributed by atoms with Crippen molar-refractivity contribution >= 4 is 11.8 Å². The van der Waals surface area contributed by atoms with E-state index in [1.165, 1.54) is 35.6 Å². The molecule has 0 aliphatic carbocycles. The maximum Gasteiger partial charge on any atom is 0.319 e. The lowest BCUT2D eigenvalue weighted by Gasteiger charge is -2.32. The number of nitrogens with zero attached hydrogens (tertiary/aromatic N) is 2. The topological polar surface area (TPSA) is 61.9 Å². The van der Waals surface area contributed by atoms with Crippen LogP contribution in [-0.4, -0.2) is 60.6 Å². The van der Waals surface area contributed by atoms with Crippen LogP contribution in [0.4, 0.5) is 18.0 Å². The van der Waals surface area contributed by atoms with Crippen molar-refractivity contribution in [3.05, 3.63) is 71.0 Å². The number of halogens is 3. The largest absolute Gasteiger partial charge is 0.347 e. The molecule has 6 nitrogen and oxygen atoms in total. The zero-order chi connectivity index (χ0) is 24.9. The number of hydrogen-bond donors (Lipinski definition) is 1. The van der Waals surface area contributed by atoms with Crippen LogP contribution in [0.5, 0.6) is 0 Å². The van der Waals surface area contributed by atoms with Gasteiger partial charge in [-0.15, -0.1) is 0 Å². The number of benzene rings is 2. The van der Waals surface area contributed by atoms with Crippen LogP contribution >= 0.6 is 0 Å². The van der Waals surface area contributed by atoms with E-state index in [2.05, 4.69) is 10.2 Å². The summed E-state index contributed by atoms with van der Waals surface area (Å²) in [6, 6.07) is 8.83. The molecule has 188 valence electrons. The van der Waals surface area contributed by atoms with Crippen molar-refractivity contribution in [1.29, 1.82) is 0 Å². The molecule has 0 spiro atoms. The molecule has 2 atom stereocenters. The number of carbonyl (C=O) groups excluding carboxylic acids is 2. The zero-order valence-electron chi connectivity index (χ0n) is 19.7. The van der Waals surface area contributed by atoms with E-state index in [0.29, 0.717) is 18.0 Å². The van der Waals surface area contributed by atoms with Crippen molar-refractivity contribution in [2.75, 3.05) is 32.9 Å². The maximum absolute atomic E-state index is 13.8. The molecule has 4 rings (SSSR count). The second-order valence-electron chi connectivity index (χ2n) is 9.17. The van der Waals surface area contributed by atoms with E-state index in [4.69, 9.17) is 4.74 Å². The van der Waals surface area contributed by atoms with Crippen LogP contribution in [0.1, 0.15) is 49.3 Å². The van der Waals surface area contributed by atoms with Crippen LogP contribution in [0.2, 0.25) is 0 Å². The molecule has 2 fully saturated rings. The second-order valence-corrected chi connectivity index (χ2v) is 9.17. The fourth-order valence-electron chi connectivity index (χ4n) is 4.90. The molecule has 2 aromatic rings. The van der Waals surface area contributed by atoms with Crippen LogP contribution in [-0.2, 0) is 9.53 Å². The van der Waals surface area contributed by atoms with E-state index in [1.807, 2.05) is 12.1 Å². The molecule has 2 aliphatic heterocycles. The first-order chi connectivity index (χ1) is 16.8. The normalized spacial score (nSPS) is 21.3. The van der Waals surface area contributed by atoms with Crippen molar-refractivity contribution < 1.29 is 27.5 Å². The molecule has 2 saturated heterocycles. The molecule has 0 bridgehead atoms. The fourth-order valence-corrected chi connectivity index (χ4v) is 4.90. The Morgan fingerprint density at radius 2 is 1.69 bits per heavy atom. The van der Waals surface area contributed by atoms with Crippen molar-refractivity contribution in [3.63, 3.8) is 0 Å². The predicted octanol–water partition coefficient (Wildman–Crippen LogP) is 4.37. The van der Waals surface area contributed by atoms with Crippen LogP contribution in [0.25, 0.3) is 0 Å². The number of rotatable bonds is 7. The molecule has 9 heteroatoms. The molecular formula is C26H30F3N3O3. The first-order valence-electron chi connectivity index (χ1n) is 11.9. The van der Waals surface area contributed by atoms with Gasteiger partial charge in [0, 0.05) is 6.54 Å². The minimum atomic E-state index is -1.04. The van der Waals surface area contributed by atoms with Crippen LogP contribution in [0.3, 0.4) is 0 Å². The molecular weight excluding hydrogens is 459 g/mol. The Bertz CT molecular complexity index is 1040. The number of Topliss-reactive ketones (excluding diaryl/α,β-unsaturated/α-hetero) is 1. The van der Waals surface area contributed by atoms with Crippen LogP contribution in [0.15, 0.2) is 42.5 Å². The van der Waals surface area contributed by atoms with Gasteiger partial charge in [0.25, 0.3) is 0 Å². The number of urea groups is 1. The molecule has 2 aromatic carbocycles. The lowest BCUT2D eigenvalue weighted by atomic mass is 9.89. The van der Waals surface area contributed by atoms with Gasteiger partial charge >= 0.3 is 6.03 Å². The summed E-state index contributed by atoms with van der Waals surface area (Å²) in [7, 11) is 0. The van der Waals surface area contributed by atoms with Crippen molar-refractivity contribution in [3.8, 4) is 0 Å². The highest BCUT2D eigenvalue weighted by Crippen LogP contribution is 2.33. The smallest absolute Gasteiger partial charge is 0.319 e. The Kier molecular flexibility index (Phi) is 8.07. The number of likely N-dealkylation sites (tertiary alicyclic amines) is 1. The lowest BCUT2D eigenvalue weighted by molar-refractivity contribution is -0.126. The quantitative estimate of drug-likeness (QED) is 0.587. The summed E-state index contributed by atoms with van der Waals surface area (Å²) in [5.74, 6) is -2.12. The molecule has 1 unspecified atom stereocenters. The third kappa shape index (κ3) is 6.02. The van der Waals surface area contributed by atoms with Gasteiger partial charge in [0.1, 0.15) is 18.7 Å². The highest BCUT2D eigenvalue weighted by molar-refractivity contribution is 5.84. The summed E-state index contributed by atoms with van der Waals surface area (Å²) in [5, 5.41) is 2.85. The summed E-state index contributed by atoms with van der Waals surface area (Å²) in [6.45, 7) is 4.37. The van der Waals surface area contributed by atoms with Gasteiger partial charge in [-0.05, 0) is 87.1 Å². The van der Waals surface area contributed by atoms with Crippen molar-refractivity contribution in [2.45, 2.75) is 44.2 Å². The van der Waals surface area contributed by atoms with E-state index < -0.39 is 29.8 Å². The first kappa shape index (κ1) is 25.2. The lowest BCUT2D eigenvalue weighted by Crippen LogP contribution is -2.43. The molecule has 2 heterocycles. The summed E-state index contributed by atoms with van der Waals surface area (Å²) in [6.07, 6.45) is 1.82. The van der Waals surface area contributed by atoms with Gasteiger partial charge in [0.2, 0.25) is 0 Å². The summed E-state index contributed by atoms with van der Waals surface area (Å²) in [5.41, 5.74) is 1.48. The molecule has 2 aliphatic rings. The highest BCUT2D eigenvalue weighted by atomic mass is 19.2. The molecule has 1 N–H and O–H groups in total. The summed E-state index contributed by atoms with van der Waals surface area (Å²) in [4.78, 5) is 28.6. The van der Waals surface area contributed by atoms with Gasteiger partial charge in [-0.1, -0.05) is 18.2 Å². The first-order valence-corrected chi connectivity index (χ1v) is 11.9. The van der Waals surface area contributed by atoms with E-state index in [0.717, 1.165) is 51.0 Å². The van der Waals surface area contributed by atoms with E-state index in [-0.39, 0.29) is 18.3 Å². The SMILES string of the molecule is CC(=O)[C@@H]1OCN(C(=O)NCCCN2CCC(c3ccc(F)cc3)CC2)C1c1ccc(F)c(F)c1. The Balaban J connectivity index is 1.25. The number of amides is 2. The average molecular weight is 490 g/mol. The molecule has 0 aromatic heterocycles. The zero-order valence-corrected chi connectivity index (χ0v) is 19.7. The van der Waals surface area contributed by atoms with Crippen LogP contribution < -0.4 is 5.32 Å². The van der Waals surface area contributed by atoms with Crippen molar-refractivity contribution in [2.24, 2.45) is 0 Å². The Labute approximate surface area is 203 Å². The van der Waals surface area contributed by atoms with E-state index in [9.17, 15) is 22.8 Å². The predicted molar refractivity (Wildman–Crippen MR) is 124 cm³/mol. The third-order valence-corrected chi connectivity index (χ3v) is 6.82. The van der Waals surface area contributed by atoms with E-state index in [1.54, 1.807) is 0 Å². The minimum Gasteiger partial charge on any atom is -0.347 e. The van der Waals surface area contributed by atoms with Gasteiger partial charge in [0.05, 0.1) is 6.04 Å². The molecule has 35 heavy (non-hydrogen) atoms. The number of nitrogens with one attached hydrogen (secondary N) is 1. The minimum absolute atomic E-state index is 0.114. The number of carbonyl (C=O) groups is 2. The fraction of sp³-hybridized carbons (Fsp3) is 0.462. The Morgan fingerprint density at radius 1 is 1.00 bits per heavy atom. The Morgan fingerprint density at radius 3 is 2.34 bits per heavy atom. The average Bonchev–Trinajstić information content (AvgIpc) is 3.30. The Hall–Kier alpha value is -2.91. The second kappa shape index (κ2) is 11.2. The number of hydrogen-bond acceptors (Lipinski definition) is 4. The van der Waals surface area contributed by atoms with Gasteiger partial charge in [-0.2, -0.15) is 0 Å². The van der Waals surface area contributed by atoms with Gasteiger partial charge < -0.3 is 15.0 Å². The van der Waals surface area contributed by atoms with Gasteiger partial charge in [0.15, 0.2) is 17.4 Å². The van der Waals surface area contributed by atoms with E-state index >= 15 is 0 Å². The van der Waals surface area contributed by atoms with Crippen LogP contribution in [0, 0.1) is 17.5 Å². The number of ketones is 1. The third-order valence-electron chi connectivity index (χ3n) is 6.82. The number of ether oxygens (including phenoxy) is 1. The standard InChI is InChI=1S/C26H30F3N3O3/c1-17(33)25-24(20-5-8-22(28)23(29)15-20)32(16-35-25)26(34)30-11-2-12-31-13-9-19(10-14-31)18-3-6-21(27)7-4-18/h3-8,15,19,24-25H,2,9-14,16H2,1H3,(H,30,34)/t24?,25-/m0/s1. The maximum atomic E-state index is 13.8. The monoisotopic (exact) mass is 489 g/mol. The van der Waals surface area contributed by atoms with Crippen molar-refractivity contribution in [1.82, 2.24) is 15.1 Å². The van der Waals surface area contributed by atoms with Gasteiger partial charge in [-0.25, -0.2) is 18.0 Å². The summed E-state index contributed by atoms with van der Waals surface area (Å²) < 4.78 is 45.9.